The number of amides is 2. The first-order valence-corrected chi connectivity index (χ1v) is 9.41. The predicted molar refractivity (Wildman–Crippen MR) is 111 cm³/mol. The average Bonchev–Trinajstić information content (AvgIpc) is 3.17. The van der Waals surface area contributed by atoms with Crippen molar-refractivity contribution >= 4 is 35.1 Å². The van der Waals surface area contributed by atoms with E-state index < -0.39 is 11.9 Å². The van der Waals surface area contributed by atoms with Crippen molar-refractivity contribution in [2.45, 2.75) is 12.5 Å². The molecule has 2 heterocycles. The van der Waals surface area contributed by atoms with Gasteiger partial charge in [-0.25, -0.2) is 4.68 Å². The van der Waals surface area contributed by atoms with E-state index in [9.17, 15) is 9.59 Å². The lowest BCUT2D eigenvalue weighted by Gasteiger charge is -2.22. The number of methoxy groups -OCH3 is 2. The Labute approximate surface area is 177 Å². The van der Waals surface area contributed by atoms with Gasteiger partial charge in [0.1, 0.15) is 17.5 Å². The third-order valence-electron chi connectivity index (χ3n) is 4.58. The maximum Gasteiger partial charge on any atom is 0.249 e. The van der Waals surface area contributed by atoms with Crippen LogP contribution in [0.3, 0.4) is 0 Å². The maximum atomic E-state index is 13.0. The van der Waals surface area contributed by atoms with E-state index in [1.165, 1.54) is 18.9 Å². The molecule has 1 atom stereocenters. The summed E-state index contributed by atoms with van der Waals surface area (Å²) in [6.45, 7) is 0. The molecule has 2 aromatic carbocycles. The quantitative estimate of drug-likeness (QED) is 0.647. The Morgan fingerprint density at radius 1 is 1.17 bits per heavy atom. The molecule has 0 fully saturated rings. The van der Waals surface area contributed by atoms with Crippen LogP contribution in [0.5, 0.6) is 11.5 Å². The fourth-order valence-corrected chi connectivity index (χ4v) is 3.22. The summed E-state index contributed by atoms with van der Waals surface area (Å²) in [5.74, 6) is 0.911. The second-order valence-electron chi connectivity index (χ2n) is 6.57. The van der Waals surface area contributed by atoms with Crippen molar-refractivity contribution in [3.05, 3.63) is 47.5 Å². The van der Waals surface area contributed by atoms with Crippen LogP contribution in [-0.2, 0) is 9.59 Å². The highest BCUT2D eigenvalue weighted by atomic mass is 35.5. The number of ether oxygens (including phenoxy) is 2. The average molecular weight is 428 g/mol. The lowest BCUT2D eigenvalue weighted by Crippen LogP contribution is -2.36. The Morgan fingerprint density at radius 2 is 1.83 bits per heavy atom. The molecule has 3 aromatic rings. The molecular formula is C20H18ClN5O4. The SMILES string of the molecule is COc1cc(NC(=O)C2CC(=O)Nc3nc(-c4ccc(Cl)cc4)nn32)cc(OC)c1. The van der Waals surface area contributed by atoms with Crippen molar-refractivity contribution in [2.24, 2.45) is 0 Å². The van der Waals surface area contributed by atoms with Gasteiger partial charge in [-0.1, -0.05) is 11.6 Å². The van der Waals surface area contributed by atoms with Gasteiger partial charge in [0.25, 0.3) is 0 Å². The van der Waals surface area contributed by atoms with Gasteiger partial charge in [0, 0.05) is 34.5 Å². The molecule has 0 aliphatic carbocycles. The molecule has 1 aliphatic rings. The van der Waals surface area contributed by atoms with Gasteiger partial charge in [-0.3, -0.25) is 14.9 Å². The number of benzene rings is 2. The van der Waals surface area contributed by atoms with Gasteiger partial charge in [0.2, 0.25) is 17.8 Å². The van der Waals surface area contributed by atoms with E-state index in [1.807, 2.05) is 0 Å². The van der Waals surface area contributed by atoms with Gasteiger partial charge in [0.05, 0.1) is 20.6 Å². The molecule has 0 saturated carbocycles. The molecule has 2 amide bonds. The van der Waals surface area contributed by atoms with Crippen LogP contribution in [0, 0.1) is 0 Å². The number of hydrogen-bond acceptors (Lipinski definition) is 6. The van der Waals surface area contributed by atoms with Crippen molar-refractivity contribution in [1.82, 2.24) is 14.8 Å². The number of rotatable bonds is 5. The Kier molecular flexibility index (Phi) is 5.28. The van der Waals surface area contributed by atoms with E-state index in [0.717, 1.165) is 0 Å². The number of aromatic nitrogens is 3. The second kappa shape index (κ2) is 8.03. The van der Waals surface area contributed by atoms with Gasteiger partial charge < -0.3 is 14.8 Å². The molecular weight excluding hydrogens is 410 g/mol. The highest BCUT2D eigenvalue weighted by molar-refractivity contribution is 6.30. The van der Waals surface area contributed by atoms with Crippen LogP contribution in [-0.4, -0.2) is 40.8 Å². The minimum Gasteiger partial charge on any atom is -0.497 e. The van der Waals surface area contributed by atoms with Crippen molar-refractivity contribution < 1.29 is 19.1 Å². The van der Waals surface area contributed by atoms with E-state index in [2.05, 4.69) is 20.7 Å². The zero-order valence-corrected chi connectivity index (χ0v) is 16.9. The topological polar surface area (TPSA) is 107 Å². The van der Waals surface area contributed by atoms with Crippen molar-refractivity contribution in [3.63, 3.8) is 0 Å². The van der Waals surface area contributed by atoms with E-state index in [0.29, 0.717) is 33.6 Å². The Morgan fingerprint density at radius 3 is 2.47 bits per heavy atom. The minimum atomic E-state index is -0.862. The summed E-state index contributed by atoms with van der Waals surface area (Å²) in [5.41, 5.74) is 1.19. The van der Waals surface area contributed by atoms with Crippen LogP contribution in [0.2, 0.25) is 5.02 Å². The predicted octanol–water partition coefficient (Wildman–Crippen LogP) is 3.14. The van der Waals surface area contributed by atoms with Crippen molar-refractivity contribution in [2.75, 3.05) is 24.9 Å². The maximum absolute atomic E-state index is 13.0. The molecule has 1 aliphatic heterocycles. The van der Waals surface area contributed by atoms with Crippen LogP contribution in [0.25, 0.3) is 11.4 Å². The van der Waals surface area contributed by atoms with Crippen LogP contribution >= 0.6 is 11.6 Å². The molecule has 154 valence electrons. The molecule has 0 bridgehead atoms. The second-order valence-corrected chi connectivity index (χ2v) is 7.01. The third kappa shape index (κ3) is 3.92. The Hall–Kier alpha value is -3.59. The van der Waals surface area contributed by atoms with Gasteiger partial charge in [0.15, 0.2) is 5.82 Å². The highest BCUT2D eigenvalue weighted by Gasteiger charge is 2.33. The van der Waals surface area contributed by atoms with Gasteiger partial charge >= 0.3 is 0 Å². The van der Waals surface area contributed by atoms with Gasteiger partial charge in [-0.2, -0.15) is 4.98 Å². The standard InChI is InChI=1S/C20H18ClN5O4/c1-29-14-7-13(8-15(9-14)30-2)22-19(28)16-10-17(27)23-20-24-18(25-26(16)20)11-3-5-12(21)6-4-11/h3-9,16H,10H2,1-2H3,(H,22,28)(H,23,24,25,27). The smallest absolute Gasteiger partial charge is 0.249 e. The fourth-order valence-electron chi connectivity index (χ4n) is 3.09. The fraction of sp³-hybridized carbons (Fsp3) is 0.200. The number of carbonyl (C=O) groups is 2. The zero-order chi connectivity index (χ0) is 21.3. The third-order valence-corrected chi connectivity index (χ3v) is 4.83. The number of fused-ring (bicyclic) bond motifs is 1. The van der Waals surface area contributed by atoms with Crippen LogP contribution in [0.1, 0.15) is 12.5 Å². The highest BCUT2D eigenvalue weighted by Crippen LogP contribution is 2.30. The first-order chi connectivity index (χ1) is 14.5. The zero-order valence-electron chi connectivity index (χ0n) is 16.2. The van der Waals surface area contributed by atoms with E-state index >= 15 is 0 Å². The molecule has 10 heteroatoms. The van der Waals surface area contributed by atoms with Crippen molar-refractivity contribution in [1.29, 1.82) is 0 Å². The largest absolute Gasteiger partial charge is 0.497 e. The summed E-state index contributed by atoms with van der Waals surface area (Å²) in [7, 11) is 3.04. The summed E-state index contributed by atoms with van der Waals surface area (Å²) >= 11 is 5.93. The minimum absolute atomic E-state index is 0.0661. The van der Waals surface area contributed by atoms with Gasteiger partial charge in [-0.05, 0) is 24.3 Å². The summed E-state index contributed by atoms with van der Waals surface area (Å²) in [4.78, 5) is 29.5. The molecule has 0 radical (unpaired) electrons. The molecule has 30 heavy (non-hydrogen) atoms. The van der Waals surface area contributed by atoms with Crippen LogP contribution in [0.4, 0.5) is 11.6 Å². The summed E-state index contributed by atoms with van der Waals surface area (Å²) in [5, 5.41) is 10.5. The van der Waals surface area contributed by atoms with Crippen molar-refractivity contribution in [3.8, 4) is 22.9 Å². The Bertz CT molecular complexity index is 1090. The normalized spacial score (nSPS) is 15.2. The molecule has 1 unspecified atom stereocenters. The number of halogens is 1. The Balaban J connectivity index is 1.63. The monoisotopic (exact) mass is 427 g/mol. The van der Waals surface area contributed by atoms with Gasteiger partial charge in [-0.15, -0.1) is 5.10 Å². The summed E-state index contributed by atoms with van der Waals surface area (Å²) in [6, 6.07) is 11.1. The molecule has 0 saturated heterocycles. The molecule has 9 nitrogen and oxygen atoms in total. The number of carbonyl (C=O) groups excluding carboxylic acids is 2. The number of anilines is 2. The first kappa shape index (κ1) is 19.7. The summed E-state index contributed by atoms with van der Waals surface area (Å²) in [6.07, 6.45) is -0.0661. The number of nitrogens with zero attached hydrogens (tertiary/aromatic N) is 3. The van der Waals surface area contributed by atoms with E-state index in [4.69, 9.17) is 21.1 Å². The first-order valence-electron chi connectivity index (χ1n) is 9.03. The van der Waals surface area contributed by atoms with E-state index in [1.54, 1.807) is 42.5 Å². The van der Waals surface area contributed by atoms with E-state index in [-0.39, 0.29) is 18.3 Å². The number of nitrogens with one attached hydrogen (secondary N) is 2. The summed E-state index contributed by atoms with van der Waals surface area (Å²) < 4.78 is 11.9. The molecule has 2 N–H and O–H groups in total. The number of hydrogen-bond donors (Lipinski definition) is 2. The lowest BCUT2D eigenvalue weighted by atomic mass is 10.1. The lowest BCUT2D eigenvalue weighted by molar-refractivity contribution is -0.125. The molecule has 0 spiro atoms. The van der Waals surface area contributed by atoms with Crippen LogP contribution < -0.4 is 20.1 Å². The van der Waals surface area contributed by atoms with Crippen LogP contribution in [0.15, 0.2) is 42.5 Å². The molecule has 4 rings (SSSR count). The molecule has 1 aromatic heterocycles.